The van der Waals surface area contributed by atoms with E-state index in [1.54, 1.807) is 0 Å². The minimum atomic E-state index is -2.27. The maximum Gasteiger partial charge on any atom is 0.335 e. The number of aromatic hydroxyl groups is 1. The van der Waals surface area contributed by atoms with Gasteiger partial charge in [-0.1, -0.05) is 25.0 Å². The van der Waals surface area contributed by atoms with Crippen LogP contribution in [0.1, 0.15) is 43.2 Å². The van der Waals surface area contributed by atoms with Gasteiger partial charge in [0.2, 0.25) is 0 Å². The van der Waals surface area contributed by atoms with Crippen LogP contribution in [-0.2, 0) is 21.4 Å². The van der Waals surface area contributed by atoms with Crippen molar-refractivity contribution in [3.8, 4) is 5.75 Å². The zero-order chi connectivity index (χ0) is 22.8. The molecule has 1 saturated carbocycles. The summed E-state index contributed by atoms with van der Waals surface area (Å²) >= 11 is 0. The Morgan fingerprint density at radius 3 is 2.45 bits per heavy atom. The Balaban J connectivity index is 0.000000233. The van der Waals surface area contributed by atoms with Gasteiger partial charge in [-0.25, -0.2) is 9.59 Å². The van der Waals surface area contributed by atoms with Gasteiger partial charge < -0.3 is 25.5 Å². The number of phenolic OH excluding ortho intramolecular Hbond substituents is 1. The first-order valence-electron chi connectivity index (χ1n) is 10.7. The number of nitrogens with zero attached hydrogens (tertiary/aromatic N) is 1. The van der Waals surface area contributed by atoms with Gasteiger partial charge in [0, 0.05) is 18.0 Å². The molecule has 4 rings (SSSR count). The molecule has 31 heavy (non-hydrogen) atoms. The van der Waals surface area contributed by atoms with Crippen LogP contribution in [0, 0.1) is 5.92 Å². The van der Waals surface area contributed by atoms with Crippen molar-refractivity contribution in [3.63, 3.8) is 0 Å². The summed E-state index contributed by atoms with van der Waals surface area (Å²) in [6, 6.07) is 6.79. The number of piperidine rings is 1. The minimum Gasteiger partial charge on any atom is -0.508 e. The Morgan fingerprint density at radius 1 is 1.16 bits per heavy atom. The van der Waals surface area contributed by atoms with Crippen molar-refractivity contribution >= 4 is 11.9 Å². The predicted molar refractivity (Wildman–Crippen MR) is 113 cm³/mol. The molecule has 3 aliphatic rings. The number of phenols is 1. The number of aliphatic hydroxyl groups is 2. The smallest absolute Gasteiger partial charge is 0.335 e. The van der Waals surface area contributed by atoms with Crippen molar-refractivity contribution in [1.82, 2.24) is 4.90 Å². The van der Waals surface area contributed by atoms with Gasteiger partial charge >= 0.3 is 11.9 Å². The van der Waals surface area contributed by atoms with Crippen LogP contribution in [0.25, 0.3) is 0 Å². The van der Waals surface area contributed by atoms with Crippen molar-refractivity contribution in [2.24, 2.45) is 5.92 Å². The second-order valence-corrected chi connectivity index (χ2v) is 8.72. The first-order valence-corrected chi connectivity index (χ1v) is 10.7. The number of benzene rings is 1. The van der Waals surface area contributed by atoms with Crippen molar-refractivity contribution < 1.29 is 35.1 Å². The highest BCUT2D eigenvalue weighted by atomic mass is 16.4. The van der Waals surface area contributed by atoms with E-state index in [0.29, 0.717) is 17.2 Å². The number of carboxylic acid groups (broad SMARTS) is 2. The standard InChI is InChI=1S/C19H25NO.C4H6O6/c1-2-10-20-11-9-19-8-4-3-5-16(19)18(20)12-14-6-7-15(21)13-17(14)19;5-1(3(7)8)2(6)4(9)10/h2,6-7,13,16,18,21H,1,3-5,8-12H2;1-2,5-6H,(H,7,8)(H,9,10)/t16-,18+,19+;/m1./s1. The number of hydrogen-bond acceptors (Lipinski definition) is 6. The summed E-state index contributed by atoms with van der Waals surface area (Å²) in [6.07, 6.45) is 5.31. The van der Waals surface area contributed by atoms with Crippen LogP contribution in [0.4, 0.5) is 0 Å². The van der Waals surface area contributed by atoms with E-state index in [0.717, 1.165) is 18.9 Å². The van der Waals surface area contributed by atoms with Gasteiger partial charge in [-0.3, -0.25) is 4.90 Å². The number of carboxylic acids is 2. The molecule has 0 amide bonds. The lowest BCUT2D eigenvalue weighted by molar-refractivity contribution is -0.165. The highest BCUT2D eigenvalue weighted by Gasteiger charge is 2.53. The number of likely N-dealkylation sites (tertiary alicyclic amines) is 1. The summed E-state index contributed by atoms with van der Waals surface area (Å²) in [6.45, 7) is 6.15. The Hall–Kier alpha value is -2.42. The normalized spacial score (nSPS) is 28.7. The van der Waals surface area contributed by atoms with Gasteiger partial charge in [-0.15, -0.1) is 6.58 Å². The molecule has 0 spiro atoms. The molecule has 8 nitrogen and oxygen atoms in total. The lowest BCUT2D eigenvalue weighted by atomic mass is 9.52. The predicted octanol–water partition coefficient (Wildman–Crippen LogP) is 1.51. The summed E-state index contributed by atoms with van der Waals surface area (Å²) in [4.78, 5) is 22.2. The highest BCUT2D eigenvalue weighted by molar-refractivity contribution is 5.83. The van der Waals surface area contributed by atoms with Crippen LogP contribution in [-0.4, -0.2) is 73.7 Å². The van der Waals surface area contributed by atoms with Crippen LogP contribution in [0.3, 0.4) is 0 Å². The average Bonchev–Trinajstić information content (AvgIpc) is 2.75. The first kappa shape index (κ1) is 23.2. The topological polar surface area (TPSA) is 139 Å². The van der Waals surface area contributed by atoms with Crippen LogP contribution in [0.2, 0.25) is 0 Å². The molecule has 1 heterocycles. The van der Waals surface area contributed by atoms with Crippen molar-refractivity contribution in [2.75, 3.05) is 13.1 Å². The fourth-order valence-corrected chi connectivity index (χ4v) is 5.74. The molecular weight excluding hydrogens is 402 g/mol. The van der Waals surface area contributed by atoms with E-state index in [4.69, 9.17) is 20.4 Å². The maximum atomic E-state index is 9.98. The number of rotatable bonds is 5. The second-order valence-electron chi connectivity index (χ2n) is 8.72. The van der Waals surface area contributed by atoms with Gasteiger partial charge in [0.05, 0.1) is 0 Å². The van der Waals surface area contributed by atoms with Crippen molar-refractivity contribution in [2.45, 2.75) is 62.2 Å². The van der Waals surface area contributed by atoms with Gasteiger partial charge in [0.1, 0.15) is 5.75 Å². The van der Waals surface area contributed by atoms with Gasteiger partial charge in [0.15, 0.2) is 12.2 Å². The molecule has 5 atom stereocenters. The van der Waals surface area contributed by atoms with E-state index in [1.807, 2.05) is 6.07 Å². The molecular formula is C23H31NO7. The summed E-state index contributed by atoms with van der Waals surface area (Å²) < 4.78 is 0. The molecule has 8 heteroatoms. The van der Waals surface area contributed by atoms with Crippen LogP contribution in [0.15, 0.2) is 30.9 Å². The number of aliphatic hydroxyl groups excluding tert-OH is 2. The SMILES string of the molecule is C=CCN1CC[C@@]23CCCC[C@@H]2[C@@H]1Cc1ccc(O)cc13.O=C(O)C(O)C(O)C(=O)O. The number of hydrogen-bond donors (Lipinski definition) is 5. The monoisotopic (exact) mass is 433 g/mol. The molecule has 1 aromatic carbocycles. The van der Waals surface area contributed by atoms with E-state index >= 15 is 0 Å². The molecule has 2 aliphatic carbocycles. The van der Waals surface area contributed by atoms with E-state index in [2.05, 4.69) is 29.7 Å². The zero-order valence-corrected chi connectivity index (χ0v) is 17.5. The highest BCUT2D eigenvalue weighted by Crippen LogP contribution is 2.56. The van der Waals surface area contributed by atoms with Crippen molar-refractivity contribution in [1.29, 1.82) is 0 Å². The summed E-state index contributed by atoms with van der Waals surface area (Å²) in [5, 5.41) is 42.5. The molecule has 1 aromatic rings. The lowest BCUT2D eigenvalue weighted by Crippen LogP contribution is -2.60. The Morgan fingerprint density at radius 2 is 1.84 bits per heavy atom. The second kappa shape index (κ2) is 9.38. The molecule has 5 N–H and O–H groups in total. The molecule has 1 saturated heterocycles. The number of fused-ring (bicyclic) bond motifs is 1. The molecule has 0 radical (unpaired) electrons. The fraction of sp³-hybridized carbons (Fsp3) is 0.565. The largest absolute Gasteiger partial charge is 0.508 e. The van der Waals surface area contributed by atoms with Gasteiger partial charge in [-0.05, 0) is 61.4 Å². The minimum absolute atomic E-state index is 0.340. The molecule has 2 fully saturated rings. The van der Waals surface area contributed by atoms with E-state index in [1.165, 1.54) is 49.8 Å². The van der Waals surface area contributed by atoms with E-state index in [9.17, 15) is 14.7 Å². The molecule has 0 aromatic heterocycles. The quantitative estimate of drug-likeness (QED) is 0.441. The van der Waals surface area contributed by atoms with Crippen LogP contribution < -0.4 is 0 Å². The van der Waals surface area contributed by atoms with Crippen LogP contribution in [0.5, 0.6) is 5.75 Å². The zero-order valence-electron chi connectivity index (χ0n) is 17.5. The first-order chi connectivity index (χ1) is 14.7. The number of carbonyl (C=O) groups is 2. The Kier molecular flexibility index (Phi) is 7.03. The fourth-order valence-electron chi connectivity index (χ4n) is 5.74. The Labute approximate surface area is 181 Å². The lowest BCUT2D eigenvalue weighted by Gasteiger charge is -2.59. The van der Waals surface area contributed by atoms with E-state index in [-0.39, 0.29) is 0 Å². The molecule has 170 valence electrons. The Bertz CT molecular complexity index is 823. The molecule has 2 bridgehead atoms. The summed E-state index contributed by atoms with van der Waals surface area (Å²) in [5.41, 5.74) is 3.29. The van der Waals surface area contributed by atoms with Crippen molar-refractivity contribution in [3.05, 3.63) is 42.0 Å². The molecule has 1 aliphatic heterocycles. The summed E-state index contributed by atoms with van der Waals surface area (Å²) in [5.74, 6) is -2.32. The average molecular weight is 434 g/mol. The molecule has 2 unspecified atom stereocenters. The third-order valence-electron chi connectivity index (χ3n) is 7.10. The maximum absolute atomic E-state index is 9.98. The van der Waals surface area contributed by atoms with Gasteiger partial charge in [0.25, 0.3) is 0 Å². The summed E-state index contributed by atoms with van der Waals surface area (Å²) in [7, 11) is 0. The third kappa shape index (κ3) is 4.46. The number of aliphatic carboxylic acids is 2. The third-order valence-corrected chi connectivity index (χ3v) is 7.10. The van der Waals surface area contributed by atoms with Crippen LogP contribution >= 0.6 is 0 Å². The van der Waals surface area contributed by atoms with Gasteiger partial charge in [-0.2, -0.15) is 0 Å². The van der Waals surface area contributed by atoms with E-state index < -0.39 is 24.1 Å².